The second-order valence-electron chi connectivity index (χ2n) is 9.06. The maximum atomic E-state index is 12.7. The van der Waals surface area contributed by atoms with Gasteiger partial charge in [-0.2, -0.15) is 0 Å². The number of rotatable bonds is 6. The van der Waals surface area contributed by atoms with Gasteiger partial charge in [-0.25, -0.2) is 9.78 Å². The van der Waals surface area contributed by atoms with Crippen LogP contribution >= 0.6 is 0 Å². The number of carbonyl (C=O) groups excluding carboxylic acids is 2. The summed E-state index contributed by atoms with van der Waals surface area (Å²) >= 11 is 0. The fourth-order valence-corrected chi connectivity index (χ4v) is 4.51. The Hall–Kier alpha value is -3.09. The van der Waals surface area contributed by atoms with Crippen molar-refractivity contribution in [1.82, 2.24) is 14.8 Å². The van der Waals surface area contributed by atoms with Crippen molar-refractivity contribution in [3.8, 4) is 0 Å². The number of likely N-dealkylation sites (tertiary alicyclic amines) is 2. The highest BCUT2D eigenvalue weighted by molar-refractivity contribution is 5.80. The third kappa shape index (κ3) is 4.22. The van der Waals surface area contributed by atoms with Crippen LogP contribution in [0.4, 0.5) is 16.3 Å². The lowest BCUT2D eigenvalue weighted by atomic mass is 9.93. The zero-order chi connectivity index (χ0) is 21.4. The first-order valence-electron chi connectivity index (χ1n) is 11.2. The summed E-state index contributed by atoms with van der Waals surface area (Å²) in [7, 11) is 0. The van der Waals surface area contributed by atoms with Crippen LogP contribution in [0.15, 0.2) is 48.7 Å². The number of carbonyl (C=O) groups is 2. The fraction of sp³-hybridized carbons (Fsp3) is 0.458. The van der Waals surface area contributed by atoms with Gasteiger partial charge in [0.1, 0.15) is 5.82 Å². The maximum Gasteiger partial charge on any atom is 0.320 e. The number of nitrogens with two attached hydrogens (primary N) is 1. The van der Waals surface area contributed by atoms with Crippen molar-refractivity contribution in [2.24, 2.45) is 17.6 Å². The van der Waals surface area contributed by atoms with Crippen molar-refractivity contribution in [2.45, 2.75) is 25.2 Å². The van der Waals surface area contributed by atoms with Crippen LogP contribution in [-0.2, 0) is 4.79 Å². The van der Waals surface area contributed by atoms with E-state index in [1.807, 2.05) is 17.2 Å². The van der Waals surface area contributed by atoms with Crippen molar-refractivity contribution in [3.05, 3.63) is 54.2 Å². The highest BCUT2D eigenvalue weighted by Gasteiger charge is 2.38. The van der Waals surface area contributed by atoms with E-state index in [-0.39, 0.29) is 17.9 Å². The van der Waals surface area contributed by atoms with Crippen LogP contribution in [0.3, 0.4) is 0 Å². The summed E-state index contributed by atoms with van der Waals surface area (Å²) in [5.74, 6) is 1.53. The Morgan fingerprint density at radius 2 is 1.77 bits per heavy atom. The molecule has 162 valence electrons. The van der Waals surface area contributed by atoms with Gasteiger partial charge in [0, 0.05) is 50.5 Å². The summed E-state index contributed by atoms with van der Waals surface area (Å²) in [5.41, 5.74) is 7.73. The molecule has 0 bridgehead atoms. The molecular weight excluding hydrogens is 390 g/mol. The molecule has 3 amide bonds. The molecule has 1 aromatic heterocycles. The normalized spacial score (nSPS) is 21.1. The van der Waals surface area contributed by atoms with Crippen LogP contribution in [0.1, 0.15) is 30.7 Å². The maximum absolute atomic E-state index is 12.7. The molecule has 1 aromatic carbocycles. The van der Waals surface area contributed by atoms with Crippen LogP contribution < -0.4 is 10.6 Å². The van der Waals surface area contributed by atoms with Gasteiger partial charge < -0.3 is 20.4 Å². The quantitative estimate of drug-likeness (QED) is 0.780. The van der Waals surface area contributed by atoms with Crippen LogP contribution in [0.5, 0.6) is 0 Å². The predicted octanol–water partition coefficient (Wildman–Crippen LogP) is 2.96. The zero-order valence-electron chi connectivity index (χ0n) is 17.7. The van der Waals surface area contributed by atoms with Gasteiger partial charge in [-0.15, -0.1) is 0 Å². The van der Waals surface area contributed by atoms with Crippen molar-refractivity contribution in [1.29, 1.82) is 0 Å². The molecule has 3 heterocycles. The Balaban J connectivity index is 1.20. The zero-order valence-corrected chi connectivity index (χ0v) is 17.7. The largest absolute Gasteiger partial charge is 0.369 e. The van der Waals surface area contributed by atoms with Crippen LogP contribution in [0.25, 0.3) is 0 Å². The summed E-state index contributed by atoms with van der Waals surface area (Å²) in [5, 5.41) is 0. The van der Waals surface area contributed by atoms with E-state index in [4.69, 9.17) is 10.7 Å². The number of aromatic nitrogens is 1. The number of hydrogen-bond acceptors (Lipinski definition) is 4. The molecule has 1 aliphatic carbocycles. The predicted molar refractivity (Wildman–Crippen MR) is 119 cm³/mol. The molecule has 0 radical (unpaired) electrons. The van der Waals surface area contributed by atoms with E-state index in [2.05, 4.69) is 41.3 Å². The molecule has 2 aliphatic heterocycles. The smallest absolute Gasteiger partial charge is 0.320 e. The summed E-state index contributed by atoms with van der Waals surface area (Å²) in [4.78, 5) is 34.7. The molecule has 2 aromatic rings. The first kappa shape index (κ1) is 19.8. The fourth-order valence-electron chi connectivity index (χ4n) is 4.51. The minimum Gasteiger partial charge on any atom is -0.369 e. The first-order valence-corrected chi connectivity index (χ1v) is 11.2. The summed E-state index contributed by atoms with van der Waals surface area (Å²) in [6, 6.07) is 14.7. The Morgan fingerprint density at radius 3 is 2.39 bits per heavy atom. The lowest BCUT2D eigenvalue weighted by molar-refractivity contribution is -0.121. The van der Waals surface area contributed by atoms with Gasteiger partial charge in [-0.3, -0.25) is 4.79 Å². The number of primary amides is 1. The Labute approximate surface area is 182 Å². The molecule has 1 atom stereocenters. The molecular formula is C24H29N5O2. The molecule has 3 aliphatic rings. The topological polar surface area (TPSA) is 82.8 Å². The van der Waals surface area contributed by atoms with Crippen molar-refractivity contribution in [2.75, 3.05) is 37.6 Å². The van der Waals surface area contributed by atoms with Gasteiger partial charge >= 0.3 is 6.03 Å². The van der Waals surface area contributed by atoms with Gasteiger partial charge in [0.15, 0.2) is 0 Å². The van der Waals surface area contributed by atoms with E-state index in [1.54, 1.807) is 4.90 Å². The summed E-state index contributed by atoms with van der Waals surface area (Å²) < 4.78 is 0. The van der Waals surface area contributed by atoms with Crippen molar-refractivity contribution >= 4 is 23.4 Å². The SMILES string of the molecule is NC(=O)[C@H]1CCN(C(=O)N2CC(c3ccc(N(CC4CC4)c4ccccc4)nc3)C2)C1. The molecule has 2 N–H and O–H groups in total. The minimum atomic E-state index is -0.311. The molecule has 1 saturated carbocycles. The van der Waals surface area contributed by atoms with E-state index in [0.717, 1.165) is 18.3 Å². The third-order valence-corrected chi connectivity index (χ3v) is 6.74. The van der Waals surface area contributed by atoms with E-state index in [1.165, 1.54) is 24.1 Å². The number of urea groups is 1. The Kier molecular flexibility index (Phi) is 5.26. The second-order valence-corrected chi connectivity index (χ2v) is 9.06. The van der Waals surface area contributed by atoms with Gasteiger partial charge in [0.05, 0.1) is 5.92 Å². The van der Waals surface area contributed by atoms with Crippen molar-refractivity contribution in [3.63, 3.8) is 0 Å². The number of benzene rings is 1. The molecule has 7 nitrogen and oxygen atoms in total. The van der Waals surface area contributed by atoms with E-state index in [9.17, 15) is 9.59 Å². The summed E-state index contributed by atoms with van der Waals surface area (Å²) in [6.45, 7) is 3.45. The van der Waals surface area contributed by atoms with Gasteiger partial charge in [0.2, 0.25) is 5.91 Å². The van der Waals surface area contributed by atoms with Crippen LogP contribution in [0.2, 0.25) is 0 Å². The lowest BCUT2D eigenvalue weighted by Crippen LogP contribution is -2.53. The van der Waals surface area contributed by atoms with Gasteiger partial charge in [0.25, 0.3) is 0 Å². The molecule has 0 unspecified atom stereocenters. The molecule has 7 heteroatoms. The van der Waals surface area contributed by atoms with E-state index >= 15 is 0 Å². The van der Waals surface area contributed by atoms with Crippen LogP contribution in [0, 0.1) is 11.8 Å². The molecule has 31 heavy (non-hydrogen) atoms. The first-order chi connectivity index (χ1) is 15.1. The number of pyridine rings is 1. The second kappa shape index (κ2) is 8.21. The summed E-state index contributed by atoms with van der Waals surface area (Å²) in [6.07, 6.45) is 5.22. The number of nitrogens with zero attached hydrogens (tertiary/aromatic N) is 4. The third-order valence-electron chi connectivity index (χ3n) is 6.74. The average Bonchev–Trinajstić information content (AvgIpc) is 3.43. The van der Waals surface area contributed by atoms with Crippen LogP contribution in [-0.4, -0.2) is 59.4 Å². The van der Waals surface area contributed by atoms with E-state index < -0.39 is 0 Å². The molecule has 5 rings (SSSR count). The molecule has 3 fully saturated rings. The van der Waals surface area contributed by atoms with Gasteiger partial charge in [-0.05, 0) is 48.9 Å². The number of anilines is 2. The monoisotopic (exact) mass is 419 g/mol. The number of amides is 3. The number of para-hydroxylation sites is 1. The molecule has 0 spiro atoms. The Morgan fingerprint density at radius 1 is 1.00 bits per heavy atom. The highest BCUT2D eigenvalue weighted by atomic mass is 16.2. The standard InChI is InChI=1S/C24H29N5O2/c25-23(30)19-10-11-27(14-19)24(31)28-15-20(16-28)18-8-9-22(26-12-18)29(13-17-6-7-17)21-4-2-1-3-5-21/h1-5,8-9,12,17,19-20H,6-7,10-11,13-16H2,(H2,25,30)/t19-/m0/s1. The van der Waals surface area contributed by atoms with Gasteiger partial charge in [-0.1, -0.05) is 24.3 Å². The average molecular weight is 420 g/mol. The Bertz CT molecular complexity index is 938. The minimum absolute atomic E-state index is 0.0178. The molecule has 2 saturated heterocycles. The lowest BCUT2D eigenvalue weighted by Gasteiger charge is -2.41. The highest BCUT2D eigenvalue weighted by Crippen LogP contribution is 2.35. The van der Waals surface area contributed by atoms with Crippen molar-refractivity contribution < 1.29 is 9.59 Å². The number of hydrogen-bond donors (Lipinski definition) is 1. The van der Waals surface area contributed by atoms with E-state index in [0.29, 0.717) is 38.5 Å².